The van der Waals surface area contributed by atoms with Gasteiger partial charge in [-0.3, -0.25) is 9.59 Å². The highest BCUT2D eigenvalue weighted by atomic mass is 16.5. The Morgan fingerprint density at radius 2 is 2.24 bits per heavy atom. The van der Waals surface area contributed by atoms with Crippen LogP contribution in [0.25, 0.3) is 0 Å². The minimum atomic E-state index is -0.899. The van der Waals surface area contributed by atoms with Gasteiger partial charge in [-0.2, -0.15) is 0 Å². The highest BCUT2D eigenvalue weighted by molar-refractivity contribution is 5.94. The summed E-state index contributed by atoms with van der Waals surface area (Å²) in [5.74, 6) is -0.923. The molecule has 1 aromatic rings. The lowest BCUT2D eigenvalue weighted by Gasteiger charge is -2.19. The highest BCUT2D eigenvalue weighted by Gasteiger charge is 2.26. The van der Waals surface area contributed by atoms with Crippen molar-refractivity contribution in [3.05, 3.63) is 36.7 Å². The van der Waals surface area contributed by atoms with Gasteiger partial charge in [-0.15, -0.1) is 0 Å². The van der Waals surface area contributed by atoms with Crippen molar-refractivity contribution in [3.63, 3.8) is 0 Å². The quantitative estimate of drug-likeness (QED) is 0.714. The maximum Gasteiger partial charge on any atom is 0.309 e. The third-order valence-corrected chi connectivity index (χ3v) is 2.96. The van der Waals surface area contributed by atoms with Crippen LogP contribution >= 0.6 is 0 Å². The van der Waals surface area contributed by atoms with Crippen molar-refractivity contribution < 1.29 is 19.4 Å². The van der Waals surface area contributed by atoms with Crippen molar-refractivity contribution in [2.45, 2.75) is 20.3 Å². The number of aliphatic carboxylic acids is 1. The summed E-state index contributed by atoms with van der Waals surface area (Å²) in [5, 5.41) is 11.7. The summed E-state index contributed by atoms with van der Waals surface area (Å²) in [4.78, 5) is 27.0. The molecule has 1 aromatic heterocycles. The molecule has 1 heterocycles. The zero-order valence-corrected chi connectivity index (χ0v) is 12.3. The average Bonchev–Trinajstić information content (AvgIpc) is 2.45. The molecule has 0 saturated heterocycles. The number of hydrogen-bond acceptors (Lipinski definition) is 4. The molecular formula is C15H20N2O4. The van der Waals surface area contributed by atoms with Gasteiger partial charge in [0.15, 0.2) is 11.4 Å². The van der Waals surface area contributed by atoms with E-state index in [1.165, 1.54) is 6.20 Å². The fraction of sp³-hybridized carbons (Fsp3) is 0.400. The number of rotatable bonds is 8. The first-order valence-electron chi connectivity index (χ1n) is 6.59. The Labute approximate surface area is 123 Å². The minimum absolute atomic E-state index is 0.174. The van der Waals surface area contributed by atoms with E-state index in [1.807, 2.05) is 0 Å². The summed E-state index contributed by atoms with van der Waals surface area (Å²) < 4.78 is 5.36. The smallest absolute Gasteiger partial charge is 0.309 e. The minimum Gasteiger partial charge on any atom is -0.487 e. The Morgan fingerprint density at radius 1 is 1.52 bits per heavy atom. The molecule has 21 heavy (non-hydrogen) atoms. The molecule has 0 unspecified atom stereocenters. The van der Waals surface area contributed by atoms with E-state index in [0.717, 1.165) is 0 Å². The molecule has 0 aromatic carbocycles. The Hall–Kier alpha value is -2.37. The first kappa shape index (κ1) is 16.7. The number of carboxylic acid groups (broad SMARTS) is 1. The molecule has 2 N–H and O–H groups in total. The molecular weight excluding hydrogens is 272 g/mol. The molecule has 6 nitrogen and oxygen atoms in total. The van der Waals surface area contributed by atoms with Crippen molar-refractivity contribution in [1.29, 1.82) is 0 Å². The molecule has 114 valence electrons. The van der Waals surface area contributed by atoms with Gasteiger partial charge in [0.2, 0.25) is 0 Å². The summed E-state index contributed by atoms with van der Waals surface area (Å²) in [7, 11) is 0. The number of aromatic nitrogens is 1. The van der Waals surface area contributed by atoms with Gasteiger partial charge in [0.1, 0.15) is 6.61 Å². The molecule has 0 radical (unpaired) electrons. The lowest BCUT2D eigenvalue weighted by atomic mass is 9.90. The van der Waals surface area contributed by atoms with E-state index < -0.39 is 17.3 Å². The van der Waals surface area contributed by atoms with E-state index in [0.29, 0.717) is 12.2 Å². The van der Waals surface area contributed by atoms with E-state index in [1.54, 1.807) is 32.1 Å². The summed E-state index contributed by atoms with van der Waals surface area (Å²) in [6, 6.07) is 3.31. The maximum atomic E-state index is 12.1. The Bertz CT molecular complexity index is 526. The molecule has 0 saturated carbocycles. The monoisotopic (exact) mass is 292 g/mol. The van der Waals surface area contributed by atoms with Crippen LogP contribution in [0.5, 0.6) is 5.75 Å². The number of carbonyl (C=O) groups excluding carboxylic acids is 1. The van der Waals surface area contributed by atoms with Crippen molar-refractivity contribution in [2.75, 3.05) is 13.2 Å². The van der Waals surface area contributed by atoms with Crippen LogP contribution in [-0.4, -0.2) is 35.1 Å². The lowest BCUT2D eigenvalue weighted by Crippen LogP contribution is -2.32. The SMILES string of the molecule is C=CCOc1cccnc1C(=O)NCCC(C)(C)C(=O)O. The zero-order chi connectivity index (χ0) is 15.9. The van der Waals surface area contributed by atoms with Crippen LogP contribution in [0.15, 0.2) is 31.0 Å². The molecule has 0 aliphatic rings. The second-order valence-electron chi connectivity index (χ2n) is 5.14. The second-order valence-corrected chi connectivity index (χ2v) is 5.14. The van der Waals surface area contributed by atoms with Gasteiger partial charge in [0, 0.05) is 12.7 Å². The number of hydrogen-bond donors (Lipinski definition) is 2. The molecule has 1 amide bonds. The van der Waals surface area contributed by atoms with E-state index >= 15 is 0 Å². The van der Waals surface area contributed by atoms with Gasteiger partial charge in [0.05, 0.1) is 5.41 Å². The zero-order valence-electron chi connectivity index (χ0n) is 12.3. The molecule has 0 aliphatic carbocycles. The van der Waals surface area contributed by atoms with Gasteiger partial charge >= 0.3 is 5.97 Å². The van der Waals surface area contributed by atoms with Crippen molar-refractivity contribution >= 4 is 11.9 Å². The standard InChI is InChI=1S/C15H20N2O4/c1-4-10-21-11-6-5-8-16-12(11)13(18)17-9-7-15(2,3)14(19)20/h4-6,8H,1,7,9-10H2,2-3H3,(H,17,18)(H,19,20). The molecule has 0 bridgehead atoms. The molecule has 1 rings (SSSR count). The summed E-state index contributed by atoms with van der Waals surface area (Å²) in [6.45, 7) is 7.29. The van der Waals surface area contributed by atoms with Gasteiger partial charge in [0.25, 0.3) is 5.91 Å². The number of carboxylic acids is 1. The van der Waals surface area contributed by atoms with Crippen LogP contribution < -0.4 is 10.1 Å². The number of pyridine rings is 1. The van der Waals surface area contributed by atoms with Crippen molar-refractivity contribution in [3.8, 4) is 5.75 Å². The number of nitrogens with zero attached hydrogens (tertiary/aromatic N) is 1. The van der Waals surface area contributed by atoms with Crippen LogP contribution in [0.4, 0.5) is 0 Å². The largest absolute Gasteiger partial charge is 0.487 e. The fourth-order valence-corrected chi connectivity index (χ4v) is 1.51. The molecule has 0 spiro atoms. The Morgan fingerprint density at radius 3 is 2.86 bits per heavy atom. The number of nitrogens with one attached hydrogen (secondary N) is 1. The van der Waals surface area contributed by atoms with E-state index in [4.69, 9.17) is 9.84 Å². The first-order chi connectivity index (χ1) is 9.88. The van der Waals surface area contributed by atoms with Crippen LogP contribution in [-0.2, 0) is 4.79 Å². The normalized spacial score (nSPS) is 10.8. The van der Waals surface area contributed by atoms with Crippen molar-refractivity contribution in [2.24, 2.45) is 5.41 Å². The van der Waals surface area contributed by atoms with Crippen LogP contribution in [0.3, 0.4) is 0 Å². The van der Waals surface area contributed by atoms with Gasteiger partial charge < -0.3 is 15.2 Å². The predicted molar refractivity (Wildman–Crippen MR) is 78.3 cm³/mol. The number of ether oxygens (including phenoxy) is 1. The van der Waals surface area contributed by atoms with E-state index in [9.17, 15) is 9.59 Å². The van der Waals surface area contributed by atoms with Crippen LogP contribution in [0.1, 0.15) is 30.8 Å². The van der Waals surface area contributed by atoms with Gasteiger partial charge in [-0.05, 0) is 32.4 Å². The number of carbonyl (C=O) groups is 2. The van der Waals surface area contributed by atoms with E-state index in [2.05, 4.69) is 16.9 Å². The molecule has 0 fully saturated rings. The third kappa shape index (κ3) is 4.91. The summed E-state index contributed by atoms with van der Waals surface area (Å²) in [6.07, 6.45) is 3.39. The average molecular weight is 292 g/mol. The molecule has 0 atom stereocenters. The maximum absolute atomic E-state index is 12.1. The predicted octanol–water partition coefficient (Wildman–Crippen LogP) is 1.88. The fourth-order valence-electron chi connectivity index (χ4n) is 1.51. The summed E-state index contributed by atoms with van der Waals surface area (Å²) >= 11 is 0. The lowest BCUT2D eigenvalue weighted by molar-refractivity contribution is -0.147. The Kier molecular flexibility index (Phi) is 5.90. The van der Waals surface area contributed by atoms with E-state index in [-0.39, 0.29) is 18.8 Å². The van der Waals surface area contributed by atoms with Crippen LogP contribution in [0.2, 0.25) is 0 Å². The highest BCUT2D eigenvalue weighted by Crippen LogP contribution is 2.20. The third-order valence-electron chi connectivity index (χ3n) is 2.96. The number of amides is 1. The second kappa shape index (κ2) is 7.42. The summed E-state index contributed by atoms with van der Waals surface area (Å²) in [5.41, 5.74) is -0.716. The molecule has 0 aliphatic heterocycles. The topological polar surface area (TPSA) is 88.5 Å². The first-order valence-corrected chi connectivity index (χ1v) is 6.59. The van der Waals surface area contributed by atoms with Gasteiger partial charge in [-0.25, -0.2) is 4.98 Å². The van der Waals surface area contributed by atoms with Crippen LogP contribution in [0, 0.1) is 5.41 Å². The van der Waals surface area contributed by atoms with Gasteiger partial charge in [-0.1, -0.05) is 12.7 Å². The van der Waals surface area contributed by atoms with Crippen molar-refractivity contribution in [1.82, 2.24) is 10.3 Å². The Balaban J connectivity index is 2.64. The molecule has 6 heteroatoms.